The Balaban J connectivity index is 0.00000176. The number of hydrogen-bond donors (Lipinski definition) is 3. The van der Waals surface area contributed by atoms with E-state index < -0.39 is 0 Å². The number of nitrogens with zero attached hydrogens (tertiary/aromatic N) is 3. The number of benzene rings is 1. The summed E-state index contributed by atoms with van der Waals surface area (Å²) in [5.41, 5.74) is 20.2. The Morgan fingerprint density at radius 3 is 2.59 bits per heavy atom. The van der Waals surface area contributed by atoms with Crippen molar-refractivity contribution in [2.24, 2.45) is 0 Å². The average molecular weight is 337 g/mol. The van der Waals surface area contributed by atoms with E-state index in [0.29, 0.717) is 28.5 Å². The fourth-order valence-corrected chi connectivity index (χ4v) is 2.44. The lowest BCUT2D eigenvalue weighted by molar-refractivity contribution is 1.10. The van der Waals surface area contributed by atoms with Gasteiger partial charge in [-0.05, 0) is 17.7 Å². The van der Waals surface area contributed by atoms with Gasteiger partial charge in [0.05, 0.1) is 16.2 Å². The van der Waals surface area contributed by atoms with E-state index in [4.69, 9.17) is 28.8 Å². The summed E-state index contributed by atoms with van der Waals surface area (Å²) in [4.78, 5) is 12.2. The molecule has 2 aromatic heterocycles. The van der Waals surface area contributed by atoms with Crippen LogP contribution in [0.3, 0.4) is 0 Å². The van der Waals surface area contributed by atoms with Crippen LogP contribution in [0.1, 0.15) is 11.1 Å². The van der Waals surface area contributed by atoms with Crippen molar-refractivity contribution in [1.82, 2.24) is 15.0 Å². The van der Waals surface area contributed by atoms with Crippen molar-refractivity contribution >= 4 is 52.4 Å². The van der Waals surface area contributed by atoms with Crippen LogP contribution >= 0.6 is 24.0 Å². The molecule has 6 N–H and O–H groups in total. The minimum absolute atomic E-state index is 0. The molecule has 0 aliphatic rings. The Hall–Kier alpha value is -2.31. The zero-order valence-electron chi connectivity index (χ0n) is 11.5. The molecule has 0 bridgehead atoms. The lowest BCUT2D eigenvalue weighted by atomic mass is 10.0. The maximum absolute atomic E-state index is 6.18. The Morgan fingerprint density at radius 2 is 1.86 bits per heavy atom. The van der Waals surface area contributed by atoms with Crippen molar-refractivity contribution in [1.29, 1.82) is 0 Å². The number of aromatic nitrogens is 3. The molecule has 0 aliphatic heterocycles. The molecule has 1 aromatic carbocycles. The molecule has 0 radical (unpaired) electrons. The third-order valence-corrected chi connectivity index (χ3v) is 3.58. The first kappa shape index (κ1) is 16.1. The van der Waals surface area contributed by atoms with Gasteiger partial charge in [0.15, 0.2) is 0 Å². The Morgan fingerprint density at radius 1 is 1.09 bits per heavy atom. The van der Waals surface area contributed by atoms with Gasteiger partial charge in [0.1, 0.15) is 5.82 Å². The topological polar surface area (TPSA) is 117 Å². The van der Waals surface area contributed by atoms with E-state index in [1.807, 2.05) is 18.2 Å². The Kier molecular flexibility index (Phi) is 4.54. The maximum atomic E-state index is 6.18. The predicted octanol–water partition coefficient (Wildman–Crippen LogP) is 2.44. The van der Waals surface area contributed by atoms with Gasteiger partial charge in [-0.2, -0.15) is 4.98 Å². The van der Waals surface area contributed by atoms with Crippen LogP contribution < -0.4 is 17.2 Å². The van der Waals surface area contributed by atoms with Gasteiger partial charge in [-0.3, -0.25) is 4.98 Å². The van der Waals surface area contributed by atoms with Gasteiger partial charge in [0.2, 0.25) is 5.95 Å². The molecule has 0 saturated heterocycles. The molecule has 3 aromatic rings. The molecule has 22 heavy (non-hydrogen) atoms. The molecule has 3 rings (SSSR count). The molecule has 8 heteroatoms. The average Bonchev–Trinajstić information content (AvgIpc) is 2.47. The number of pyridine rings is 1. The summed E-state index contributed by atoms with van der Waals surface area (Å²) in [6.45, 7) is 0. The van der Waals surface area contributed by atoms with Gasteiger partial charge in [0, 0.05) is 29.8 Å². The summed E-state index contributed by atoms with van der Waals surface area (Å²) in [5.74, 6) is 0.505. The van der Waals surface area contributed by atoms with Crippen LogP contribution in [0, 0.1) is 0 Å². The molecule has 0 saturated carbocycles. The van der Waals surface area contributed by atoms with Crippen LogP contribution in [0.2, 0.25) is 5.02 Å². The van der Waals surface area contributed by atoms with Crippen molar-refractivity contribution in [2.45, 2.75) is 6.42 Å². The maximum Gasteiger partial charge on any atom is 0.221 e. The van der Waals surface area contributed by atoms with E-state index in [2.05, 4.69) is 15.0 Å². The summed E-state index contributed by atoms with van der Waals surface area (Å²) in [5, 5.41) is 1.39. The third kappa shape index (κ3) is 2.84. The summed E-state index contributed by atoms with van der Waals surface area (Å²) in [6, 6.07) is 5.61. The number of nitrogens with two attached hydrogens (primary N) is 3. The molecular weight excluding hydrogens is 323 g/mol. The number of anilines is 3. The predicted molar refractivity (Wildman–Crippen MR) is 92.1 cm³/mol. The van der Waals surface area contributed by atoms with Crippen molar-refractivity contribution in [3.05, 3.63) is 46.7 Å². The zero-order valence-corrected chi connectivity index (χ0v) is 13.0. The third-order valence-electron chi connectivity index (χ3n) is 3.26. The van der Waals surface area contributed by atoms with Gasteiger partial charge >= 0.3 is 0 Å². The highest BCUT2D eigenvalue weighted by Gasteiger charge is 2.12. The molecule has 6 nitrogen and oxygen atoms in total. The molecule has 0 spiro atoms. The second kappa shape index (κ2) is 6.21. The van der Waals surface area contributed by atoms with Crippen molar-refractivity contribution < 1.29 is 0 Å². The smallest absolute Gasteiger partial charge is 0.221 e. The van der Waals surface area contributed by atoms with Gasteiger partial charge in [-0.15, -0.1) is 12.4 Å². The van der Waals surface area contributed by atoms with Gasteiger partial charge in [-0.1, -0.05) is 17.7 Å². The van der Waals surface area contributed by atoms with E-state index in [-0.39, 0.29) is 18.4 Å². The SMILES string of the molecule is Cl.Nc1ncc(Cc2cc(Cl)c(N)c3ncccc23)c(N)n1. The lowest BCUT2D eigenvalue weighted by Crippen LogP contribution is -2.04. The Bertz CT molecular complexity index is 837. The van der Waals surface area contributed by atoms with Gasteiger partial charge in [0.25, 0.3) is 0 Å². The van der Waals surface area contributed by atoms with Gasteiger partial charge in [-0.25, -0.2) is 4.98 Å². The van der Waals surface area contributed by atoms with E-state index in [1.165, 1.54) is 0 Å². The normalized spacial score (nSPS) is 10.4. The molecule has 0 fully saturated rings. The van der Waals surface area contributed by atoms with Gasteiger partial charge < -0.3 is 17.2 Å². The molecule has 114 valence electrons. The van der Waals surface area contributed by atoms with Crippen molar-refractivity contribution in [3.8, 4) is 0 Å². The first-order valence-corrected chi connectivity index (χ1v) is 6.62. The molecular formula is C14H14Cl2N6. The van der Waals surface area contributed by atoms with Crippen molar-refractivity contribution in [3.63, 3.8) is 0 Å². The van der Waals surface area contributed by atoms with Crippen LogP contribution in [-0.2, 0) is 6.42 Å². The number of hydrogen-bond acceptors (Lipinski definition) is 6. The van der Waals surface area contributed by atoms with Crippen LogP contribution in [0.5, 0.6) is 0 Å². The quantitative estimate of drug-likeness (QED) is 0.618. The van der Waals surface area contributed by atoms with E-state index in [0.717, 1.165) is 16.5 Å². The summed E-state index contributed by atoms with van der Waals surface area (Å²) < 4.78 is 0. The van der Waals surface area contributed by atoms with Crippen LogP contribution in [-0.4, -0.2) is 15.0 Å². The van der Waals surface area contributed by atoms with E-state index in [9.17, 15) is 0 Å². The summed E-state index contributed by atoms with van der Waals surface area (Å²) in [6.07, 6.45) is 3.82. The van der Waals surface area contributed by atoms with E-state index in [1.54, 1.807) is 12.4 Å². The lowest BCUT2D eigenvalue weighted by Gasteiger charge is -2.11. The fraction of sp³-hybridized carbons (Fsp3) is 0.0714. The van der Waals surface area contributed by atoms with Crippen LogP contribution in [0.25, 0.3) is 10.9 Å². The fourth-order valence-electron chi connectivity index (χ4n) is 2.22. The highest BCUT2D eigenvalue weighted by atomic mass is 35.5. The number of nitrogen functional groups attached to an aromatic ring is 3. The Labute approximate surface area is 138 Å². The monoisotopic (exact) mass is 336 g/mol. The standard InChI is InChI=1S/C14H13ClN6.ClH/c15-10-5-7(4-8-6-20-14(18)21-13(8)17)9-2-1-3-19-12(9)11(10)16;/h1-3,5-6H,4,16H2,(H4,17,18,20,21);1H. The minimum Gasteiger partial charge on any atom is -0.396 e. The summed E-state index contributed by atoms with van der Waals surface area (Å²) >= 11 is 6.18. The highest BCUT2D eigenvalue weighted by Crippen LogP contribution is 2.31. The van der Waals surface area contributed by atoms with Crippen LogP contribution in [0.15, 0.2) is 30.6 Å². The minimum atomic E-state index is 0. The molecule has 0 atom stereocenters. The number of fused-ring (bicyclic) bond motifs is 1. The molecule has 2 heterocycles. The molecule has 0 unspecified atom stereocenters. The van der Waals surface area contributed by atoms with E-state index >= 15 is 0 Å². The number of halogens is 2. The molecule has 0 aliphatic carbocycles. The highest BCUT2D eigenvalue weighted by molar-refractivity contribution is 6.34. The first-order chi connectivity index (χ1) is 10.1. The second-order valence-corrected chi connectivity index (χ2v) is 5.05. The van der Waals surface area contributed by atoms with Crippen molar-refractivity contribution in [2.75, 3.05) is 17.2 Å². The largest absolute Gasteiger partial charge is 0.396 e. The second-order valence-electron chi connectivity index (χ2n) is 4.65. The van der Waals surface area contributed by atoms with Crippen LogP contribution in [0.4, 0.5) is 17.5 Å². The molecule has 0 amide bonds. The first-order valence-electron chi connectivity index (χ1n) is 6.24. The zero-order chi connectivity index (χ0) is 15.0. The number of rotatable bonds is 2. The summed E-state index contributed by atoms with van der Waals surface area (Å²) in [7, 11) is 0.